The third kappa shape index (κ3) is 4.37. The summed E-state index contributed by atoms with van der Waals surface area (Å²) in [7, 11) is 0.128. The Bertz CT molecular complexity index is 1040. The van der Waals surface area contributed by atoms with Crippen molar-refractivity contribution in [2.45, 2.75) is 5.16 Å². The predicted octanol–water partition coefficient (Wildman–Crippen LogP) is 1.90. The summed E-state index contributed by atoms with van der Waals surface area (Å²) in [5.41, 5.74) is 1.19. The molecule has 3 aromatic rings. The van der Waals surface area contributed by atoms with Gasteiger partial charge in [-0.15, -0.1) is 5.10 Å². The number of sulfone groups is 1. The molecular weight excluding hydrogens is 398 g/mol. The van der Waals surface area contributed by atoms with Crippen LogP contribution in [0.15, 0.2) is 53.7 Å². The molecule has 1 aromatic heterocycles. The maximum absolute atomic E-state index is 12.6. The van der Waals surface area contributed by atoms with Crippen molar-refractivity contribution in [3.8, 4) is 28.6 Å². The van der Waals surface area contributed by atoms with Crippen LogP contribution in [0.2, 0.25) is 0 Å². The molecule has 0 N–H and O–H groups in total. The summed E-state index contributed by atoms with van der Waals surface area (Å²) in [5.74, 6) is -0.169. The van der Waals surface area contributed by atoms with Crippen LogP contribution < -0.4 is 9.47 Å². The quantitative estimate of drug-likeness (QED) is 0.536. The first-order valence-corrected chi connectivity index (χ1v) is 10.1. The molecule has 0 fully saturated rings. The van der Waals surface area contributed by atoms with Crippen molar-refractivity contribution in [3.63, 3.8) is 0 Å². The van der Waals surface area contributed by atoms with Gasteiger partial charge in [-0.2, -0.15) is 4.98 Å². The van der Waals surface area contributed by atoms with Crippen LogP contribution in [-0.4, -0.2) is 56.2 Å². The predicted molar refractivity (Wildman–Crippen MR) is 104 cm³/mol. The van der Waals surface area contributed by atoms with E-state index in [4.69, 9.17) is 9.47 Å². The normalized spacial score (nSPS) is 11.1. The van der Waals surface area contributed by atoms with Crippen LogP contribution >= 0.6 is 0 Å². The van der Waals surface area contributed by atoms with Crippen molar-refractivity contribution in [2.75, 3.05) is 27.1 Å². The van der Waals surface area contributed by atoms with Gasteiger partial charge in [-0.05, 0) is 48.5 Å². The lowest BCUT2D eigenvalue weighted by Crippen LogP contribution is -2.18. The second-order valence-electron chi connectivity index (χ2n) is 5.89. The van der Waals surface area contributed by atoms with Gasteiger partial charge in [0.1, 0.15) is 11.5 Å². The third-order valence-corrected chi connectivity index (χ3v) is 5.41. The monoisotopic (exact) mass is 417 g/mol. The van der Waals surface area contributed by atoms with Gasteiger partial charge in [0.2, 0.25) is 9.84 Å². The first-order chi connectivity index (χ1) is 13.9. The Morgan fingerprint density at radius 2 is 1.48 bits per heavy atom. The Hall–Kier alpha value is -3.40. The van der Waals surface area contributed by atoms with Crippen LogP contribution in [0.1, 0.15) is 0 Å². The second-order valence-corrected chi connectivity index (χ2v) is 7.77. The van der Waals surface area contributed by atoms with Crippen molar-refractivity contribution >= 4 is 15.8 Å². The number of hydrogen-bond donors (Lipinski definition) is 0. The summed E-state index contributed by atoms with van der Waals surface area (Å²) in [5, 5.41) is 3.68. The van der Waals surface area contributed by atoms with Crippen LogP contribution in [0.25, 0.3) is 17.1 Å². The highest BCUT2D eigenvalue weighted by molar-refractivity contribution is 7.91. The van der Waals surface area contributed by atoms with Gasteiger partial charge < -0.3 is 14.2 Å². The molecule has 29 heavy (non-hydrogen) atoms. The number of rotatable bonds is 7. The number of nitrogens with zero attached hydrogens (tertiary/aromatic N) is 3. The van der Waals surface area contributed by atoms with Crippen LogP contribution in [-0.2, 0) is 19.4 Å². The molecule has 0 atom stereocenters. The van der Waals surface area contributed by atoms with Crippen LogP contribution in [0.4, 0.5) is 0 Å². The van der Waals surface area contributed by atoms with E-state index < -0.39 is 26.7 Å². The fourth-order valence-electron chi connectivity index (χ4n) is 2.53. The van der Waals surface area contributed by atoms with Crippen LogP contribution in [0.3, 0.4) is 0 Å². The van der Waals surface area contributed by atoms with E-state index in [9.17, 15) is 13.2 Å². The maximum atomic E-state index is 12.6. The van der Waals surface area contributed by atoms with Gasteiger partial charge in [0.15, 0.2) is 11.6 Å². The standard InChI is InChI=1S/C19H19N3O6S/c1-26-15-8-4-13(5-9-15)18-20-19(29(24,25)12-17(23)28-3)21-22(18)14-6-10-16(27-2)11-7-14/h4-11H,12H2,1-3H3. The van der Waals surface area contributed by atoms with Crippen LogP contribution in [0.5, 0.6) is 11.5 Å². The molecule has 0 saturated carbocycles. The average Bonchev–Trinajstić information content (AvgIpc) is 3.20. The Morgan fingerprint density at radius 3 is 2.00 bits per heavy atom. The van der Waals surface area contributed by atoms with E-state index in [-0.39, 0.29) is 0 Å². The fourth-order valence-corrected chi connectivity index (χ4v) is 3.52. The molecule has 0 aliphatic carbocycles. The number of aromatic nitrogens is 3. The molecule has 0 aliphatic rings. The highest BCUT2D eigenvalue weighted by Crippen LogP contribution is 2.26. The molecule has 0 bridgehead atoms. The van der Waals surface area contributed by atoms with Gasteiger partial charge in [-0.25, -0.2) is 13.1 Å². The van der Waals surface area contributed by atoms with Crippen molar-refractivity contribution in [1.82, 2.24) is 14.8 Å². The summed E-state index contributed by atoms with van der Waals surface area (Å²) in [4.78, 5) is 15.7. The average molecular weight is 417 g/mol. The van der Waals surface area contributed by atoms with Gasteiger partial charge >= 0.3 is 5.97 Å². The smallest absolute Gasteiger partial charge is 0.321 e. The Kier molecular flexibility index (Phi) is 5.83. The summed E-state index contributed by atoms with van der Waals surface area (Å²) in [6, 6.07) is 13.8. The zero-order chi connectivity index (χ0) is 21.0. The molecule has 0 spiro atoms. The van der Waals surface area contributed by atoms with E-state index in [2.05, 4.69) is 14.8 Å². The lowest BCUT2D eigenvalue weighted by molar-refractivity contribution is -0.137. The molecule has 0 amide bonds. The zero-order valence-electron chi connectivity index (χ0n) is 16.0. The first-order valence-electron chi connectivity index (χ1n) is 8.43. The number of ether oxygens (including phenoxy) is 3. The molecule has 9 nitrogen and oxygen atoms in total. The number of carbonyl (C=O) groups excluding carboxylic acids is 1. The highest BCUT2D eigenvalue weighted by atomic mass is 32.2. The van der Waals surface area contributed by atoms with Gasteiger partial charge in [0, 0.05) is 5.56 Å². The molecule has 0 radical (unpaired) electrons. The number of benzene rings is 2. The van der Waals surface area contributed by atoms with E-state index >= 15 is 0 Å². The van der Waals surface area contributed by atoms with Crippen molar-refractivity contribution in [2.24, 2.45) is 0 Å². The fraction of sp³-hybridized carbons (Fsp3) is 0.211. The first kappa shape index (κ1) is 20.3. The largest absolute Gasteiger partial charge is 0.497 e. The summed E-state index contributed by atoms with van der Waals surface area (Å²) >= 11 is 0. The molecule has 0 unspecified atom stereocenters. The second kappa shape index (κ2) is 8.31. The number of carbonyl (C=O) groups is 1. The number of esters is 1. The van der Waals surface area contributed by atoms with Crippen molar-refractivity contribution in [1.29, 1.82) is 0 Å². The Balaban J connectivity index is 2.13. The summed E-state index contributed by atoms with van der Waals surface area (Å²) in [6.07, 6.45) is 0. The molecule has 10 heteroatoms. The Morgan fingerprint density at radius 1 is 0.931 bits per heavy atom. The topological polar surface area (TPSA) is 110 Å². The maximum Gasteiger partial charge on any atom is 0.321 e. The molecule has 1 heterocycles. The van der Waals surface area contributed by atoms with Gasteiger partial charge in [-0.1, -0.05) is 0 Å². The highest BCUT2D eigenvalue weighted by Gasteiger charge is 2.27. The molecule has 3 rings (SSSR count). The summed E-state index contributed by atoms with van der Waals surface area (Å²) < 4.78 is 41.3. The number of methoxy groups -OCH3 is 3. The minimum Gasteiger partial charge on any atom is -0.497 e. The third-order valence-electron chi connectivity index (χ3n) is 4.07. The molecule has 0 aliphatic heterocycles. The lowest BCUT2D eigenvalue weighted by atomic mass is 10.2. The van der Waals surface area contributed by atoms with Crippen molar-refractivity contribution in [3.05, 3.63) is 48.5 Å². The van der Waals surface area contributed by atoms with Gasteiger partial charge in [0.05, 0.1) is 27.0 Å². The minimum atomic E-state index is -4.08. The molecule has 152 valence electrons. The van der Waals surface area contributed by atoms with E-state index in [1.54, 1.807) is 62.8 Å². The molecule has 2 aromatic carbocycles. The van der Waals surface area contributed by atoms with E-state index in [0.29, 0.717) is 28.6 Å². The minimum absolute atomic E-state index is 0.293. The lowest BCUT2D eigenvalue weighted by Gasteiger charge is -2.07. The molecular formula is C19H19N3O6S. The van der Waals surface area contributed by atoms with E-state index in [1.165, 1.54) is 4.68 Å². The van der Waals surface area contributed by atoms with Crippen LogP contribution in [0, 0.1) is 0 Å². The Labute approximate surface area is 167 Å². The SMILES string of the molecule is COC(=O)CS(=O)(=O)c1nc(-c2ccc(OC)cc2)n(-c2ccc(OC)cc2)n1. The van der Waals surface area contributed by atoms with E-state index in [0.717, 1.165) is 7.11 Å². The van der Waals surface area contributed by atoms with E-state index in [1.807, 2.05) is 0 Å². The van der Waals surface area contributed by atoms with Gasteiger partial charge in [-0.3, -0.25) is 4.79 Å². The zero-order valence-corrected chi connectivity index (χ0v) is 16.8. The number of hydrogen-bond acceptors (Lipinski definition) is 8. The summed E-state index contributed by atoms with van der Waals surface area (Å²) in [6.45, 7) is 0. The van der Waals surface area contributed by atoms with Gasteiger partial charge in [0.25, 0.3) is 5.16 Å². The molecule has 0 saturated heterocycles. The van der Waals surface area contributed by atoms with Crippen molar-refractivity contribution < 1.29 is 27.4 Å².